The van der Waals surface area contributed by atoms with Crippen molar-refractivity contribution < 1.29 is 14.2 Å². The maximum absolute atomic E-state index is 6.06. The van der Waals surface area contributed by atoms with E-state index in [0.29, 0.717) is 13.2 Å². The molecule has 0 saturated heterocycles. The Labute approximate surface area is 242 Å². The summed E-state index contributed by atoms with van der Waals surface area (Å²) in [6.45, 7) is 18.4. The van der Waals surface area contributed by atoms with Crippen LogP contribution in [0.25, 0.3) is 5.57 Å². The maximum Gasteiger partial charge on any atom is 0.119 e. The van der Waals surface area contributed by atoms with Gasteiger partial charge in [-0.3, -0.25) is 0 Å². The molecule has 40 heavy (non-hydrogen) atoms. The number of benzene rings is 3. The van der Waals surface area contributed by atoms with E-state index in [0.717, 1.165) is 62.9 Å². The quantitative estimate of drug-likeness (QED) is 0.180. The lowest BCUT2D eigenvalue weighted by Gasteiger charge is -2.19. The Hall–Kier alpha value is -3.28. The molecule has 0 aliphatic heterocycles. The SMILES string of the molecule is CCN(CC)CCOc1ccc(C(=C(C)Cc2ccc(OC)cc2)c2ccc(OCCN(CC)CC)cc2)cc1. The van der Waals surface area contributed by atoms with Gasteiger partial charge in [0.05, 0.1) is 7.11 Å². The Bertz CT molecular complexity index is 1080. The summed E-state index contributed by atoms with van der Waals surface area (Å²) < 4.78 is 17.5. The van der Waals surface area contributed by atoms with Crippen molar-refractivity contribution >= 4 is 5.57 Å². The second kappa shape index (κ2) is 16.7. The molecule has 0 aromatic heterocycles. The first kappa shape index (κ1) is 31.3. The van der Waals surface area contributed by atoms with Crippen molar-refractivity contribution in [3.8, 4) is 17.2 Å². The van der Waals surface area contributed by atoms with Crippen molar-refractivity contribution in [2.75, 3.05) is 59.6 Å². The minimum Gasteiger partial charge on any atom is -0.497 e. The van der Waals surface area contributed by atoms with Gasteiger partial charge in [0.1, 0.15) is 30.5 Å². The van der Waals surface area contributed by atoms with Crippen LogP contribution < -0.4 is 14.2 Å². The minimum absolute atomic E-state index is 0.690. The van der Waals surface area contributed by atoms with E-state index in [-0.39, 0.29) is 0 Å². The molecule has 216 valence electrons. The highest BCUT2D eigenvalue weighted by Gasteiger charge is 2.12. The van der Waals surface area contributed by atoms with Crippen molar-refractivity contribution in [2.45, 2.75) is 41.0 Å². The second-order valence-corrected chi connectivity index (χ2v) is 9.98. The molecule has 3 aromatic carbocycles. The van der Waals surface area contributed by atoms with Gasteiger partial charge in [0, 0.05) is 13.1 Å². The predicted octanol–water partition coefficient (Wildman–Crippen LogP) is 7.20. The summed E-state index contributed by atoms with van der Waals surface area (Å²) >= 11 is 0. The third-order valence-corrected chi connectivity index (χ3v) is 7.48. The number of likely N-dealkylation sites (N-methyl/N-ethyl adjacent to an activating group) is 2. The zero-order valence-electron chi connectivity index (χ0n) is 25.4. The fraction of sp³-hybridized carbons (Fsp3) is 0.429. The highest BCUT2D eigenvalue weighted by molar-refractivity contribution is 5.82. The Balaban J connectivity index is 1.81. The number of methoxy groups -OCH3 is 1. The van der Waals surface area contributed by atoms with E-state index in [1.807, 2.05) is 12.1 Å². The lowest BCUT2D eigenvalue weighted by molar-refractivity contribution is 0.223. The molecule has 0 unspecified atom stereocenters. The van der Waals surface area contributed by atoms with E-state index < -0.39 is 0 Å². The standard InChI is InChI=1S/C35H48N2O3/c1-7-36(8-2)23-25-39-33-19-13-30(14-20-33)35(28(5)27-29-11-17-32(38-6)18-12-29)31-15-21-34(22-16-31)40-26-24-37(9-3)10-4/h11-22H,7-10,23-27H2,1-6H3. The molecular weight excluding hydrogens is 496 g/mol. The Kier molecular flexibility index (Phi) is 13.1. The van der Waals surface area contributed by atoms with Crippen LogP contribution in [0.3, 0.4) is 0 Å². The van der Waals surface area contributed by atoms with Gasteiger partial charge in [0.2, 0.25) is 0 Å². The Morgan fingerprint density at radius 3 is 1.35 bits per heavy atom. The predicted molar refractivity (Wildman–Crippen MR) is 168 cm³/mol. The zero-order chi connectivity index (χ0) is 28.7. The fourth-order valence-electron chi connectivity index (χ4n) is 4.90. The first-order chi connectivity index (χ1) is 19.5. The van der Waals surface area contributed by atoms with Gasteiger partial charge in [0.15, 0.2) is 0 Å². The molecule has 0 amide bonds. The maximum atomic E-state index is 6.06. The van der Waals surface area contributed by atoms with Gasteiger partial charge in [-0.25, -0.2) is 0 Å². The molecule has 0 saturated carbocycles. The lowest BCUT2D eigenvalue weighted by Crippen LogP contribution is -2.27. The Morgan fingerprint density at radius 2 is 0.975 bits per heavy atom. The molecule has 5 nitrogen and oxygen atoms in total. The summed E-state index contributed by atoms with van der Waals surface area (Å²) in [7, 11) is 1.70. The monoisotopic (exact) mass is 544 g/mol. The lowest BCUT2D eigenvalue weighted by atomic mass is 9.90. The third kappa shape index (κ3) is 9.42. The topological polar surface area (TPSA) is 34.2 Å². The summed E-state index contributed by atoms with van der Waals surface area (Å²) in [4.78, 5) is 4.74. The van der Waals surface area contributed by atoms with Crippen molar-refractivity contribution in [3.05, 3.63) is 95.1 Å². The smallest absolute Gasteiger partial charge is 0.119 e. The number of allylic oxidation sites excluding steroid dienone is 1. The summed E-state index contributed by atoms with van der Waals surface area (Å²) in [6, 6.07) is 25.4. The average molecular weight is 545 g/mol. The first-order valence-electron chi connectivity index (χ1n) is 14.7. The van der Waals surface area contributed by atoms with Gasteiger partial charge < -0.3 is 24.0 Å². The summed E-state index contributed by atoms with van der Waals surface area (Å²) in [5, 5.41) is 0. The number of hydrogen-bond donors (Lipinski definition) is 0. The number of rotatable bonds is 17. The molecule has 0 aliphatic rings. The molecule has 0 spiro atoms. The van der Waals surface area contributed by atoms with Crippen LogP contribution in [-0.4, -0.2) is 69.4 Å². The normalized spacial score (nSPS) is 11.1. The molecule has 3 rings (SSSR count). The van der Waals surface area contributed by atoms with Gasteiger partial charge in [-0.2, -0.15) is 0 Å². The van der Waals surface area contributed by atoms with Crippen LogP contribution in [0.15, 0.2) is 78.4 Å². The Morgan fingerprint density at radius 1 is 0.575 bits per heavy atom. The molecule has 0 fully saturated rings. The van der Waals surface area contributed by atoms with E-state index in [1.165, 1.54) is 27.8 Å². The largest absolute Gasteiger partial charge is 0.497 e. The minimum atomic E-state index is 0.690. The molecule has 5 heteroatoms. The van der Waals surface area contributed by atoms with E-state index in [2.05, 4.69) is 105 Å². The first-order valence-corrected chi connectivity index (χ1v) is 14.7. The van der Waals surface area contributed by atoms with Crippen LogP contribution in [0.1, 0.15) is 51.3 Å². The molecule has 3 aromatic rings. The van der Waals surface area contributed by atoms with Crippen molar-refractivity contribution in [3.63, 3.8) is 0 Å². The van der Waals surface area contributed by atoms with Gasteiger partial charge in [-0.1, -0.05) is 69.7 Å². The molecule has 0 aliphatic carbocycles. The van der Waals surface area contributed by atoms with E-state index in [9.17, 15) is 0 Å². The van der Waals surface area contributed by atoms with Crippen LogP contribution in [0, 0.1) is 0 Å². The highest BCUT2D eigenvalue weighted by Crippen LogP contribution is 2.31. The molecule has 0 N–H and O–H groups in total. The van der Waals surface area contributed by atoms with E-state index >= 15 is 0 Å². The third-order valence-electron chi connectivity index (χ3n) is 7.48. The number of ether oxygens (including phenoxy) is 3. The summed E-state index contributed by atoms with van der Waals surface area (Å²) in [5.41, 5.74) is 6.15. The second-order valence-electron chi connectivity index (χ2n) is 9.98. The molecule has 0 atom stereocenters. The summed E-state index contributed by atoms with van der Waals surface area (Å²) in [6.07, 6.45) is 0.851. The van der Waals surface area contributed by atoms with E-state index in [1.54, 1.807) is 7.11 Å². The molecular formula is C35H48N2O3. The van der Waals surface area contributed by atoms with Crippen LogP contribution in [0.2, 0.25) is 0 Å². The fourth-order valence-corrected chi connectivity index (χ4v) is 4.90. The van der Waals surface area contributed by atoms with Crippen molar-refractivity contribution in [1.29, 1.82) is 0 Å². The van der Waals surface area contributed by atoms with Gasteiger partial charge in [-0.15, -0.1) is 0 Å². The molecule has 0 radical (unpaired) electrons. The molecule has 0 bridgehead atoms. The highest BCUT2D eigenvalue weighted by atomic mass is 16.5. The van der Waals surface area contributed by atoms with E-state index in [4.69, 9.17) is 14.2 Å². The van der Waals surface area contributed by atoms with Gasteiger partial charge >= 0.3 is 0 Å². The number of hydrogen-bond acceptors (Lipinski definition) is 5. The molecule has 0 heterocycles. The zero-order valence-corrected chi connectivity index (χ0v) is 25.4. The summed E-state index contributed by atoms with van der Waals surface area (Å²) in [5.74, 6) is 2.68. The number of nitrogens with zero attached hydrogens (tertiary/aromatic N) is 2. The van der Waals surface area contributed by atoms with Crippen molar-refractivity contribution in [2.24, 2.45) is 0 Å². The van der Waals surface area contributed by atoms with Gasteiger partial charge in [0.25, 0.3) is 0 Å². The van der Waals surface area contributed by atoms with Crippen LogP contribution in [0.5, 0.6) is 17.2 Å². The van der Waals surface area contributed by atoms with Crippen LogP contribution >= 0.6 is 0 Å². The van der Waals surface area contributed by atoms with Gasteiger partial charge in [-0.05, 0) is 98.2 Å². The van der Waals surface area contributed by atoms with Crippen LogP contribution in [0.4, 0.5) is 0 Å². The average Bonchev–Trinajstić information content (AvgIpc) is 2.99. The van der Waals surface area contributed by atoms with Crippen molar-refractivity contribution in [1.82, 2.24) is 9.80 Å². The van der Waals surface area contributed by atoms with Crippen LogP contribution in [-0.2, 0) is 6.42 Å².